The largest absolute Gasteiger partial charge is 0.352 e. The van der Waals surface area contributed by atoms with Gasteiger partial charge in [0.25, 0.3) is 0 Å². The molecule has 2 heterocycles. The van der Waals surface area contributed by atoms with Crippen LogP contribution in [0.1, 0.15) is 25.5 Å². The van der Waals surface area contributed by atoms with E-state index >= 15 is 0 Å². The van der Waals surface area contributed by atoms with Crippen LogP contribution in [0.3, 0.4) is 0 Å². The molecule has 1 unspecified atom stereocenters. The predicted molar refractivity (Wildman–Crippen MR) is 75.7 cm³/mol. The molecule has 1 fully saturated rings. The number of imidazole rings is 1. The monoisotopic (exact) mass is 251 g/mol. The van der Waals surface area contributed by atoms with Gasteiger partial charge in [-0.3, -0.25) is 0 Å². The van der Waals surface area contributed by atoms with Gasteiger partial charge in [0.15, 0.2) is 0 Å². The Bertz CT molecular complexity index is 391. The Balaban J connectivity index is 2.10. The Labute approximate surface area is 108 Å². The molecule has 0 amide bonds. The topological polar surface area (TPSA) is 29.9 Å². The Morgan fingerprint density at radius 2 is 2.53 bits per heavy atom. The molecule has 0 spiro atoms. The molecule has 1 N–H and O–H groups in total. The summed E-state index contributed by atoms with van der Waals surface area (Å²) < 4.78 is 2.62. The van der Waals surface area contributed by atoms with Crippen molar-refractivity contribution in [2.45, 2.75) is 38.0 Å². The lowest BCUT2D eigenvalue weighted by molar-refractivity contribution is 0.513. The number of aromatic nitrogens is 2. The van der Waals surface area contributed by atoms with E-state index in [4.69, 9.17) is 0 Å². The van der Waals surface area contributed by atoms with Gasteiger partial charge in [-0.1, -0.05) is 6.08 Å². The van der Waals surface area contributed by atoms with Gasteiger partial charge < -0.3 is 9.88 Å². The van der Waals surface area contributed by atoms with Crippen LogP contribution in [0.5, 0.6) is 0 Å². The van der Waals surface area contributed by atoms with Gasteiger partial charge in [0, 0.05) is 24.0 Å². The van der Waals surface area contributed by atoms with Gasteiger partial charge >= 0.3 is 0 Å². The van der Waals surface area contributed by atoms with Crippen molar-refractivity contribution < 1.29 is 0 Å². The molecule has 0 aliphatic carbocycles. The highest BCUT2D eigenvalue weighted by molar-refractivity contribution is 8.00. The van der Waals surface area contributed by atoms with E-state index in [1.54, 1.807) is 0 Å². The van der Waals surface area contributed by atoms with Crippen molar-refractivity contribution in [2.75, 3.05) is 17.6 Å². The molecule has 3 nitrogen and oxygen atoms in total. The van der Waals surface area contributed by atoms with Gasteiger partial charge in [-0.25, -0.2) is 4.98 Å². The summed E-state index contributed by atoms with van der Waals surface area (Å²) in [6, 6.07) is 0. The van der Waals surface area contributed by atoms with Crippen molar-refractivity contribution in [3.05, 3.63) is 24.5 Å². The summed E-state index contributed by atoms with van der Waals surface area (Å²) in [6.45, 7) is 9.93. The number of nitrogens with zero attached hydrogens (tertiary/aromatic N) is 2. The van der Waals surface area contributed by atoms with Crippen LogP contribution in [0.15, 0.2) is 18.9 Å². The molecular formula is C13H21N3S. The summed E-state index contributed by atoms with van der Waals surface area (Å²) in [7, 11) is 0. The highest BCUT2D eigenvalue weighted by atomic mass is 32.2. The molecule has 4 heteroatoms. The lowest BCUT2D eigenvalue weighted by Crippen LogP contribution is -2.24. The molecule has 1 aromatic rings. The van der Waals surface area contributed by atoms with Crippen molar-refractivity contribution in [1.82, 2.24) is 9.55 Å². The third kappa shape index (κ3) is 3.06. The Morgan fingerprint density at radius 1 is 1.71 bits per heavy atom. The first-order chi connectivity index (χ1) is 8.13. The van der Waals surface area contributed by atoms with Crippen LogP contribution in [0.25, 0.3) is 0 Å². The summed E-state index contributed by atoms with van der Waals surface area (Å²) in [5, 5.41) is 3.30. The molecule has 0 saturated carbocycles. The number of thioether (sulfide) groups is 1. The van der Waals surface area contributed by atoms with E-state index < -0.39 is 0 Å². The molecule has 1 aliphatic rings. The highest BCUT2D eigenvalue weighted by Gasteiger charge is 2.30. The zero-order valence-corrected chi connectivity index (χ0v) is 11.5. The van der Waals surface area contributed by atoms with Gasteiger partial charge in [-0.15, -0.1) is 6.58 Å². The van der Waals surface area contributed by atoms with Crippen LogP contribution >= 0.6 is 11.8 Å². The SMILES string of the molecule is C=CCNc1nc(C)cn1CC1(C)CCCS1. The molecule has 1 saturated heterocycles. The van der Waals surface area contributed by atoms with Gasteiger partial charge in [-0.05, 0) is 32.4 Å². The summed E-state index contributed by atoms with van der Waals surface area (Å²) in [4.78, 5) is 4.52. The molecule has 1 aliphatic heterocycles. The molecule has 0 bridgehead atoms. The van der Waals surface area contributed by atoms with Crippen LogP contribution < -0.4 is 5.32 Å². The minimum atomic E-state index is 0.373. The zero-order chi connectivity index (χ0) is 12.3. The zero-order valence-electron chi connectivity index (χ0n) is 10.7. The first-order valence-electron chi connectivity index (χ1n) is 6.15. The maximum Gasteiger partial charge on any atom is 0.203 e. The maximum absolute atomic E-state index is 4.52. The standard InChI is InChI=1S/C13H21N3S/c1-4-7-14-12-15-11(2)9-16(12)10-13(3)6-5-8-17-13/h4,9H,1,5-8,10H2,2-3H3,(H,14,15). The molecule has 2 rings (SSSR count). The molecular weight excluding hydrogens is 230 g/mol. The molecule has 0 radical (unpaired) electrons. The molecule has 17 heavy (non-hydrogen) atoms. The van der Waals surface area contributed by atoms with E-state index in [2.05, 4.69) is 46.3 Å². The van der Waals surface area contributed by atoms with E-state index in [9.17, 15) is 0 Å². The average molecular weight is 251 g/mol. The van der Waals surface area contributed by atoms with Crippen LogP contribution in [0, 0.1) is 6.92 Å². The van der Waals surface area contributed by atoms with Gasteiger partial charge in [-0.2, -0.15) is 11.8 Å². The number of aryl methyl sites for hydroxylation is 1. The minimum Gasteiger partial charge on any atom is -0.352 e. The van der Waals surface area contributed by atoms with E-state index in [1.807, 2.05) is 13.0 Å². The van der Waals surface area contributed by atoms with Gasteiger partial charge in [0.05, 0.1) is 5.69 Å². The quantitative estimate of drug-likeness (QED) is 0.816. The fraction of sp³-hybridized carbons (Fsp3) is 0.615. The lowest BCUT2D eigenvalue weighted by atomic mass is 10.1. The number of anilines is 1. The number of rotatable bonds is 5. The van der Waals surface area contributed by atoms with Crippen molar-refractivity contribution in [3.8, 4) is 0 Å². The highest BCUT2D eigenvalue weighted by Crippen LogP contribution is 2.39. The summed E-state index contributed by atoms with van der Waals surface area (Å²) in [5.74, 6) is 2.26. The minimum absolute atomic E-state index is 0.373. The Hall–Kier alpha value is -0.900. The van der Waals surface area contributed by atoms with Crippen LogP contribution in [-0.2, 0) is 6.54 Å². The van der Waals surface area contributed by atoms with Crippen molar-refractivity contribution in [1.29, 1.82) is 0 Å². The van der Waals surface area contributed by atoms with E-state index in [-0.39, 0.29) is 0 Å². The number of hydrogen-bond acceptors (Lipinski definition) is 3. The second kappa shape index (κ2) is 5.17. The fourth-order valence-electron chi connectivity index (χ4n) is 2.29. The second-order valence-electron chi connectivity index (χ2n) is 4.91. The summed E-state index contributed by atoms with van der Waals surface area (Å²) in [6.07, 6.45) is 6.63. The van der Waals surface area contributed by atoms with Crippen molar-refractivity contribution in [3.63, 3.8) is 0 Å². The fourth-order valence-corrected chi connectivity index (χ4v) is 3.59. The molecule has 1 atom stereocenters. The Morgan fingerprint density at radius 3 is 3.18 bits per heavy atom. The Kier molecular flexibility index (Phi) is 3.82. The first kappa shape index (κ1) is 12.6. The smallest absolute Gasteiger partial charge is 0.203 e. The third-order valence-electron chi connectivity index (χ3n) is 3.11. The normalized spacial score (nSPS) is 23.9. The second-order valence-corrected chi connectivity index (χ2v) is 6.59. The summed E-state index contributed by atoms with van der Waals surface area (Å²) >= 11 is 2.08. The van der Waals surface area contributed by atoms with Crippen molar-refractivity contribution >= 4 is 17.7 Å². The first-order valence-corrected chi connectivity index (χ1v) is 7.14. The predicted octanol–water partition coefficient (Wildman–Crippen LogP) is 3.08. The number of hydrogen-bond donors (Lipinski definition) is 1. The van der Waals surface area contributed by atoms with Crippen LogP contribution in [-0.4, -0.2) is 26.6 Å². The van der Waals surface area contributed by atoms with E-state index in [0.717, 1.165) is 24.7 Å². The average Bonchev–Trinajstić information content (AvgIpc) is 2.83. The van der Waals surface area contributed by atoms with Crippen LogP contribution in [0.4, 0.5) is 5.95 Å². The molecule has 1 aromatic heterocycles. The van der Waals surface area contributed by atoms with Crippen LogP contribution in [0.2, 0.25) is 0 Å². The van der Waals surface area contributed by atoms with Gasteiger partial charge in [0.2, 0.25) is 5.95 Å². The van der Waals surface area contributed by atoms with Crippen molar-refractivity contribution in [2.24, 2.45) is 0 Å². The lowest BCUT2D eigenvalue weighted by Gasteiger charge is -2.24. The number of nitrogens with one attached hydrogen (secondary N) is 1. The molecule has 94 valence electrons. The van der Waals surface area contributed by atoms with E-state index in [1.165, 1.54) is 18.6 Å². The van der Waals surface area contributed by atoms with Gasteiger partial charge in [0.1, 0.15) is 0 Å². The summed E-state index contributed by atoms with van der Waals surface area (Å²) in [5.41, 5.74) is 1.07. The van der Waals surface area contributed by atoms with E-state index in [0.29, 0.717) is 4.75 Å². The molecule has 0 aromatic carbocycles. The maximum atomic E-state index is 4.52. The third-order valence-corrected chi connectivity index (χ3v) is 4.63.